The van der Waals surface area contributed by atoms with Crippen LogP contribution in [0.5, 0.6) is 17.2 Å². The van der Waals surface area contributed by atoms with Crippen LogP contribution in [0.1, 0.15) is 41.0 Å². The van der Waals surface area contributed by atoms with E-state index in [0.29, 0.717) is 11.4 Å². The number of ketones is 2. The number of hydrogen-bond acceptors (Lipinski definition) is 7. The number of hydrogen-bond donors (Lipinski definition) is 3. The van der Waals surface area contributed by atoms with E-state index in [1.165, 1.54) is 7.11 Å². The Morgan fingerprint density at radius 1 is 1.03 bits per heavy atom. The summed E-state index contributed by atoms with van der Waals surface area (Å²) in [5.41, 5.74) is 0.692. The topological polar surface area (TPSA) is 122 Å². The van der Waals surface area contributed by atoms with E-state index in [9.17, 15) is 24.6 Å². The van der Waals surface area contributed by atoms with Gasteiger partial charge in [0.1, 0.15) is 23.4 Å². The Bertz CT molecular complexity index is 1130. The molecule has 0 fully saturated rings. The summed E-state index contributed by atoms with van der Waals surface area (Å²) in [6.07, 6.45) is 1.03. The highest BCUT2D eigenvalue weighted by molar-refractivity contribution is 6.27. The van der Waals surface area contributed by atoms with Gasteiger partial charge in [0, 0.05) is 17.7 Å². The Balaban J connectivity index is 1.89. The fourth-order valence-corrected chi connectivity index (χ4v) is 3.25. The second-order valence-electron chi connectivity index (χ2n) is 7.41. The molecule has 2 aromatic rings. The summed E-state index contributed by atoms with van der Waals surface area (Å²) in [4.78, 5) is 38.2. The lowest BCUT2D eigenvalue weighted by atomic mass is 9.85. The van der Waals surface area contributed by atoms with Crippen molar-refractivity contribution < 1.29 is 34.1 Å². The fraction of sp³-hybridized carbons (Fsp3) is 0.208. The number of ether oxygens (including phenoxy) is 2. The number of amides is 1. The van der Waals surface area contributed by atoms with Gasteiger partial charge in [-0.05, 0) is 56.3 Å². The van der Waals surface area contributed by atoms with E-state index in [0.717, 1.165) is 23.8 Å². The van der Waals surface area contributed by atoms with Crippen LogP contribution in [-0.4, -0.2) is 41.1 Å². The van der Waals surface area contributed by atoms with Crippen molar-refractivity contribution in [3.63, 3.8) is 0 Å². The summed E-state index contributed by atoms with van der Waals surface area (Å²) in [6, 6.07) is 8.83. The SMILES string of the molecule is COc1ccc(NC(=O)O[C@H](CC=C(C)C)C2=CC(=O)c3c(O)ccc(O)c3C2=O)cc1. The quantitative estimate of drug-likeness (QED) is 0.453. The van der Waals surface area contributed by atoms with Gasteiger partial charge in [-0.15, -0.1) is 0 Å². The number of nitrogens with one attached hydrogen (secondary N) is 1. The van der Waals surface area contributed by atoms with Crippen molar-refractivity contribution in [1.29, 1.82) is 0 Å². The number of carbonyl (C=O) groups excluding carboxylic acids is 3. The van der Waals surface area contributed by atoms with Gasteiger partial charge in [0.2, 0.25) is 0 Å². The third-order valence-electron chi connectivity index (χ3n) is 4.86. The van der Waals surface area contributed by atoms with Crippen LogP contribution in [0.4, 0.5) is 10.5 Å². The predicted octanol–water partition coefficient (Wildman–Crippen LogP) is 4.39. The van der Waals surface area contributed by atoms with Crippen molar-refractivity contribution >= 4 is 23.3 Å². The summed E-state index contributed by atoms with van der Waals surface area (Å²) in [7, 11) is 1.52. The Morgan fingerprint density at radius 3 is 2.25 bits per heavy atom. The number of fused-ring (bicyclic) bond motifs is 1. The van der Waals surface area contributed by atoms with E-state index in [-0.39, 0.29) is 23.1 Å². The second kappa shape index (κ2) is 9.38. The van der Waals surface area contributed by atoms with Crippen LogP contribution in [0.3, 0.4) is 0 Å². The minimum atomic E-state index is -1.09. The van der Waals surface area contributed by atoms with Gasteiger partial charge in [-0.2, -0.15) is 0 Å². The molecule has 0 aliphatic heterocycles. The van der Waals surface area contributed by atoms with Crippen LogP contribution in [0.15, 0.2) is 59.7 Å². The fourth-order valence-electron chi connectivity index (χ4n) is 3.25. The zero-order valence-electron chi connectivity index (χ0n) is 17.8. The molecule has 8 heteroatoms. The molecule has 2 aromatic carbocycles. The smallest absolute Gasteiger partial charge is 0.412 e. The van der Waals surface area contributed by atoms with Crippen molar-refractivity contribution in [3.8, 4) is 17.2 Å². The van der Waals surface area contributed by atoms with Crippen LogP contribution in [0.25, 0.3) is 0 Å². The van der Waals surface area contributed by atoms with Crippen molar-refractivity contribution in [2.24, 2.45) is 0 Å². The third-order valence-corrected chi connectivity index (χ3v) is 4.86. The molecule has 1 aliphatic rings. The molecule has 3 rings (SSSR count). The largest absolute Gasteiger partial charge is 0.507 e. The Kier molecular flexibility index (Phi) is 6.63. The molecular weight excluding hydrogens is 414 g/mol. The van der Waals surface area contributed by atoms with Gasteiger partial charge in [0.15, 0.2) is 11.6 Å². The molecule has 0 heterocycles. The third kappa shape index (κ3) is 4.80. The van der Waals surface area contributed by atoms with E-state index >= 15 is 0 Å². The second-order valence-corrected chi connectivity index (χ2v) is 7.41. The van der Waals surface area contributed by atoms with Crippen molar-refractivity contribution in [1.82, 2.24) is 0 Å². The lowest BCUT2D eigenvalue weighted by Gasteiger charge is -2.23. The number of rotatable bonds is 6. The molecule has 3 N–H and O–H groups in total. The maximum atomic E-state index is 13.1. The highest BCUT2D eigenvalue weighted by atomic mass is 16.6. The van der Waals surface area contributed by atoms with Crippen LogP contribution < -0.4 is 10.1 Å². The molecule has 0 spiro atoms. The van der Waals surface area contributed by atoms with E-state index < -0.39 is 35.3 Å². The van der Waals surface area contributed by atoms with Gasteiger partial charge in [-0.1, -0.05) is 11.6 Å². The molecule has 166 valence electrons. The maximum absolute atomic E-state index is 13.1. The monoisotopic (exact) mass is 437 g/mol. The molecule has 1 aliphatic carbocycles. The summed E-state index contributed by atoms with van der Waals surface area (Å²) in [5.74, 6) is -1.60. The number of Topliss-reactive ketones (excluding diaryl/α,β-unsaturated/α-hetero) is 1. The zero-order valence-corrected chi connectivity index (χ0v) is 17.8. The highest BCUT2D eigenvalue weighted by Crippen LogP contribution is 2.36. The molecular formula is C24H23NO7. The number of aromatic hydroxyl groups is 2. The maximum Gasteiger partial charge on any atom is 0.412 e. The van der Waals surface area contributed by atoms with Gasteiger partial charge in [0.05, 0.1) is 18.2 Å². The van der Waals surface area contributed by atoms with Crippen LogP contribution in [0.2, 0.25) is 0 Å². The number of benzene rings is 2. The molecule has 1 amide bonds. The molecule has 0 radical (unpaired) electrons. The first-order valence-electron chi connectivity index (χ1n) is 9.82. The number of phenols is 2. The minimum absolute atomic E-state index is 0.0919. The van der Waals surface area contributed by atoms with Gasteiger partial charge < -0.3 is 19.7 Å². The van der Waals surface area contributed by atoms with Crippen molar-refractivity contribution in [2.75, 3.05) is 12.4 Å². The average Bonchev–Trinajstić information content (AvgIpc) is 2.75. The number of carbonyl (C=O) groups is 3. The van der Waals surface area contributed by atoms with Crippen LogP contribution in [-0.2, 0) is 4.74 Å². The van der Waals surface area contributed by atoms with Gasteiger partial charge in [-0.25, -0.2) is 4.79 Å². The normalized spacial score (nSPS) is 13.5. The summed E-state index contributed by atoms with van der Waals surface area (Å²) < 4.78 is 10.6. The molecule has 1 atom stereocenters. The molecule has 0 saturated carbocycles. The van der Waals surface area contributed by atoms with Crippen LogP contribution in [0, 0.1) is 0 Å². The molecule has 32 heavy (non-hydrogen) atoms. The van der Waals surface area contributed by atoms with Crippen molar-refractivity contribution in [3.05, 3.63) is 70.8 Å². The van der Waals surface area contributed by atoms with E-state index in [4.69, 9.17) is 9.47 Å². The standard InChI is InChI=1S/C24H23NO7/c1-13(2)4-11-20(32-24(30)25-14-5-7-15(31-3)8-6-14)16-12-19(28)21-17(26)9-10-18(27)22(21)23(16)29/h4-10,12,20,26-27H,11H2,1-3H3,(H,25,30)/t20-/m1/s1. The van der Waals surface area contributed by atoms with Gasteiger partial charge in [-0.3, -0.25) is 14.9 Å². The highest BCUT2D eigenvalue weighted by Gasteiger charge is 2.35. The minimum Gasteiger partial charge on any atom is -0.507 e. The summed E-state index contributed by atoms with van der Waals surface area (Å²) >= 11 is 0. The molecule has 0 unspecified atom stereocenters. The number of methoxy groups -OCH3 is 1. The van der Waals surface area contributed by atoms with Gasteiger partial charge in [0.25, 0.3) is 0 Å². The van der Waals surface area contributed by atoms with Crippen molar-refractivity contribution in [2.45, 2.75) is 26.4 Å². The molecule has 8 nitrogen and oxygen atoms in total. The average molecular weight is 437 g/mol. The van der Waals surface area contributed by atoms with E-state index in [1.54, 1.807) is 30.3 Å². The molecule has 0 saturated heterocycles. The number of phenolic OH excluding ortho intramolecular Hbond substituents is 2. The Hall–Kier alpha value is -4.07. The van der Waals surface area contributed by atoms with E-state index in [2.05, 4.69) is 5.32 Å². The first kappa shape index (κ1) is 22.6. The first-order valence-corrected chi connectivity index (χ1v) is 9.82. The number of allylic oxidation sites excluding steroid dienone is 2. The molecule has 0 bridgehead atoms. The predicted molar refractivity (Wildman–Crippen MR) is 117 cm³/mol. The first-order chi connectivity index (χ1) is 15.2. The lowest BCUT2D eigenvalue weighted by Crippen LogP contribution is -2.30. The summed E-state index contributed by atoms with van der Waals surface area (Å²) in [6.45, 7) is 3.69. The van der Waals surface area contributed by atoms with E-state index in [1.807, 2.05) is 13.8 Å². The lowest BCUT2D eigenvalue weighted by molar-refractivity contribution is 0.0914. The zero-order chi connectivity index (χ0) is 23.4. The Morgan fingerprint density at radius 2 is 1.66 bits per heavy atom. The summed E-state index contributed by atoms with van der Waals surface area (Å²) in [5, 5.41) is 22.7. The Labute approximate surface area is 184 Å². The molecule has 0 aromatic heterocycles. The number of anilines is 1. The van der Waals surface area contributed by atoms with Gasteiger partial charge >= 0.3 is 6.09 Å². The van der Waals surface area contributed by atoms with Crippen LogP contribution >= 0.6 is 0 Å².